The first-order valence-electron chi connectivity index (χ1n) is 2.68. The fourth-order valence-corrected chi connectivity index (χ4v) is 1.28. The number of aryl methyl sites for hydroxylation is 1. The Kier molecular flexibility index (Phi) is 1.90. The molecule has 0 spiro atoms. The van der Waals surface area contributed by atoms with Crippen LogP contribution in [0.5, 0.6) is 0 Å². The van der Waals surface area contributed by atoms with Gasteiger partial charge in [-0.15, -0.1) is 6.42 Å². The Morgan fingerprint density at radius 1 is 1.80 bits per heavy atom. The summed E-state index contributed by atoms with van der Waals surface area (Å²) in [5, 5.41) is 0.658. The number of nitrogens with one attached hydrogen (secondary N) is 1. The van der Waals surface area contributed by atoms with Gasteiger partial charge in [0.15, 0.2) is 5.13 Å². The van der Waals surface area contributed by atoms with Gasteiger partial charge >= 0.3 is 0 Å². The molecule has 1 rings (SSSR count). The Balaban J connectivity index is 3.07. The number of rotatable bonds is 1. The molecule has 0 atom stereocenters. The van der Waals surface area contributed by atoms with Crippen molar-refractivity contribution in [2.45, 2.75) is 6.92 Å². The van der Waals surface area contributed by atoms with Gasteiger partial charge in [0.05, 0.1) is 0 Å². The van der Waals surface area contributed by atoms with Crippen LogP contribution in [0.1, 0.15) is 10.6 Å². The lowest BCUT2D eigenvalue weighted by atomic mass is 10.4. The van der Waals surface area contributed by atoms with Gasteiger partial charge in [-0.1, -0.05) is 11.3 Å². The van der Waals surface area contributed by atoms with Crippen LogP contribution in [0.3, 0.4) is 0 Å². The largest absolute Gasteiger partial charge is 0.300 e. The van der Waals surface area contributed by atoms with Crippen LogP contribution in [-0.4, -0.2) is 4.98 Å². The normalized spacial score (nSPS) is 8.90. The highest BCUT2D eigenvalue weighted by Crippen LogP contribution is 2.19. The smallest absolute Gasteiger partial charge is 0.198 e. The van der Waals surface area contributed by atoms with Gasteiger partial charge < -0.3 is 0 Å². The van der Waals surface area contributed by atoms with Crippen molar-refractivity contribution in [3.05, 3.63) is 10.6 Å². The molecule has 3 N–H and O–H groups in total. The number of hydrogen-bond donors (Lipinski definition) is 2. The van der Waals surface area contributed by atoms with Crippen LogP contribution in [0, 0.1) is 19.3 Å². The number of hydrazine groups is 1. The topological polar surface area (TPSA) is 50.9 Å². The third-order valence-electron chi connectivity index (χ3n) is 1.06. The molecular weight excluding hydrogens is 146 g/mol. The first kappa shape index (κ1) is 7.06. The minimum atomic E-state index is 0.658. The van der Waals surface area contributed by atoms with Crippen LogP contribution in [0.25, 0.3) is 0 Å². The molecule has 0 aliphatic heterocycles. The lowest BCUT2D eigenvalue weighted by Gasteiger charge is -1.85. The fourth-order valence-electron chi connectivity index (χ4n) is 0.592. The highest BCUT2D eigenvalue weighted by molar-refractivity contribution is 7.15. The van der Waals surface area contributed by atoms with E-state index in [9.17, 15) is 0 Å². The predicted octanol–water partition coefficient (Wildman–Crippen LogP) is 0.718. The number of nitrogen functional groups attached to an aromatic ring is 1. The molecule has 0 aliphatic rings. The van der Waals surface area contributed by atoms with E-state index in [2.05, 4.69) is 16.3 Å². The number of hydrogen-bond acceptors (Lipinski definition) is 4. The third-order valence-corrected chi connectivity index (χ3v) is 1.96. The summed E-state index contributed by atoms with van der Waals surface area (Å²) in [6.45, 7) is 1.91. The number of anilines is 1. The third kappa shape index (κ3) is 1.10. The first-order chi connectivity index (χ1) is 4.77. The first-order valence-corrected chi connectivity index (χ1v) is 3.50. The van der Waals surface area contributed by atoms with Crippen LogP contribution >= 0.6 is 11.3 Å². The zero-order valence-electron chi connectivity index (χ0n) is 5.51. The average molecular weight is 153 g/mol. The monoisotopic (exact) mass is 153 g/mol. The van der Waals surface area contributed by atoms with E-state index in [1.807, 2.05) is 6.92 Å². The maximum absolute atomic E-state index is 5.14. The minimum Gasteiger partial charge on any atom is -0.300 e. The Morgan fingerprint density at radius 3 is 2.80 bits per heavy atom. The van der Waals surface area contributed by atoms with Gasteiger partial charge in [0, 0.05) is 4.88 Å². The summed E-state index contributed by atoms with van der Waals surface area (Å²) in [6, 6.07) is 0. The lowest BCUT2D eigenvalue weighted by Crippen LogP contribution is -2.05. The molecule has 52 valence electrons. The van der Waals surface area contributed by atoms with E-state index in [0.29, 0.717) is 10.8 Å². The van der Waals surface area contributed by atoms with Gasteiger partial charge in [-0.2, -0.15) is 0 Å². The molecule has 0 unspecified atom stereocenters. The summed E-state index contributed by atoms with van der Waals surface area (Å²) < 4.78 is 0. The van der Waals surface area contributed by atoms with Gasteiger partial charge in [-0.3, -0.25) is 5.43 Å². The molecule has 0 amide bonds. The molecule has 0 saturated carbocycles. The van der Waals surface area contributed by atoms with Gasteiger partial charge in [0.25, 0.3) is 0 Å². The minimum absolute atomic E-state index is 0.658. The summed E-state index contributed by atoms with van der Waals surface area (Å²) in [5.74, 6) is 7.57. The van der Waals surface area contributed by atoms with Gasteiger partial charge in [0.1, 0.15) is 5.69 Å². The second-order valence-corrected chi connectivity index (χ2v) is 2.92. The highest BCUT2D eigenvalue weighted by atomic mass is 32.1. The van der Waals surface area contributed by atoms with Crippen LogP contribution < -0.4 is 11.3 Å². The molecule has 0 aliphatic carbocycles. The number of nitrogens with two attached hydrogens (primary N) is 1. The molecule has 4 heteroatoms. The van der Waals surface area contributed by atoms with Gasteiger partial charge in [-0.25, -0.2) is 10.8 Å². The standard InChI is InChI=1S/C6H7N3S/c1-3-5-4(2)10-6(8-5)9-7/h1H,7H2,2H3,(H,8,9). The van der Waals surface area contributed by atoms with E-state index in [4.69, 9.17) is 12.3 Å². The summed E-state index contributed by atoms with van der Waals surface area (Å²) in [7, 11) is 0. The molecule has 3 nitrogen and oxygen atoms in total. The van der Waals surface area contributed by atoms with E-state index in [1.165, 1.54) is 11.3 Å². The number of terminal acetylenes is 1. The van der Waals surface area contributed by atoms with Crippen molar-refractivity contribution < 1.29 is 0 Å². The number of nitrogens with zero attached hydrogens (tertiary/aromatic N) is 1. The number of thiazole rings is 1. The summed E-state index contributed by atoms with van der Waals surface area (Å²) in [4.78, 5) is 5.00. The lowest BCUT2D eigenvalue weighted by molar-refractivity contribution is 1.26. The molecule has 1 aromatic rings. The maximum atomic E-state index is 5.14. The van der Waals surface area contributed by atoms with Crippen molar-refractivity contribution in [2.75, 3.05) is 5.43 Å². The van der Waals surface area contributed by atoms with Gasteiger partial charge in [0.2, 0.25) is 0 Å². The second kappa shape index (κ2) is 2.69. The zero-order valence-corrected chi connectivity index (χ0v) is 6.33. The number of aromatic nitrogens is 1. The van der Waals surface area contributed by atoms with Crippen LogP contribution in [0.15, 0.2) is 0 Å². The van der Waals surface area contributed by atoms with Crippen molar-refractivity contribution in [2.24, 2.45) is 5.84 Å². The van der Waals surface area contributed by atoms with E-state index in [-0.39, 0.29) is 0 Å². The van der Waals surface area contributed by atoms with Crippen LogP contribution in [0.4, 0.5) is 5.13 Å². The molecular formula is C6H7N3S. The quantitative estimate of drug-likeness (QED) is 0.355. The van der Waals surface area contributed by atoms with Crippen molar-refractivity contribution in [1.82, 2.24) is 4.98 Å². The van der Waals surface area contributed by atoms with Crippen molar-refractivity contribution >= 4 is 16.5 Å². The SMILES string of the molecule is C#Cc1nc(NN)sc1C. The molecule has 10 heavy (non-hydrogen) atoms. The predicted molar refractivity (Wildman–Crippen MR) is 42.6 cm³/mol. The molecule has 0 saturated heterocycles. The highest BCUT2D eigenvalue weighted by Gasteiger charge is 2.01. The van der Waals surface area contributed by atoms with Crippen molar-refractivity contribution in [3.63, 3.8) is 0 Å². The average Bonchev–Trinajstić information content (AvgIpc) is 2.30. The van der Waals surface area contributed by atoms with E-state index >= 15 is 0 Å². The molecule has 0 radical (unpaired) electrons. The summed E-state index contributed by atoms with van der Waals surface area (Å²) in [5.41, 5.74) is 3.10. The van der Waals surface area contributed by atoms with E-state index in [1.54, 1.807) is 0 Å². The summed E-state index contributed by atoms with van der Waals surface area (Å²) in [6.07, 6.45) is 5.14. The Bertz CT molecular complexity index is 271. The van der Waals surface area contributed by atoms with Gasteiger partial charge in [-0.05, 0) is 12.8 Å². The Morgan fingerprint density at radius 2 is 2.50 bits per heavy atom. The second-order valence-electron chi connectivity index (χ2n) is 1.71. The van der Waals surface area contributed by atoms with Crippen molar-refractivity contribution in [1.29, 1.82) is 0 Å². The fraction of sp³-hybridized carbons (Fsp3) is 0.167. The molecule has 1 aromatic heterocycles. The van der Waals surface area contributed by atoms with E-state index in [0.717, 1.165) is 4.88 Å². The van der Waals surface area contributed by atoms with Crippen LogP contribution in [-0.2, 0) is 0 Å². The van der Waals surface area contributed by atoms with E-state index < -0.39 is 0 Å². The van der Waals surface area contributed by atoms with Crippen molar-refractivity contribution in [3.8, 4) is 12.3 Å². The maximum Gasteiger partial charge on any atom is 0.198 e. The molecule has 0 bridgehead atoms. The Labute approximate surface area is 63.2 Å². The molecule has 0 aromatic carbocycles. The molecule has 0 fully saturated rings. The summed E-state index contributed by atoms with van der Waals surface area (Å²) >= 11 is 1.45. The van der Waals surface area contributed by atoms with Crippen LogP contribution in [0.2, 0.25) is 0 Å². The zero-order chi connectivity index (χ0) is 7.56. The Hall–Kier alpha value is -1.05. The molecule has 1 heterocycles.